The Morgan fingerprint density at radius 2 is 1.79 bits per heavy atom. The number of ketones is 1. The number of nitrogens with two attached hydrogens (primary N) is 1. The van der Waals surface area contributed by atoms with Gasteiger partial charge >= 0.3 is 6.18 Å². The van der Waals surface area contributed by atoms with Gasteiger partial charge in [-0.15, -0.1) is 0 Å². The van der Waals surface area contributed by atoms with Gasteiger partial charge in [-0.25, -0.2) is 4.98 Å². The largest absolute Gasteiger partial charge is 0.472 e. The van der Waals surface area contributed by atoms with Crippen LogP contribution in [0.2, 0.25) is 0 Å². The molecule has 2 N–H and O–H groups in total. The molecule has 4 rings (SSSR count). The second-order valence-corrected chi connectivity index (χ2v) is 7.65. The first-order chi connectivity index (χ1) is 15.7. The highest BCUT2D eigenvalue weighted by Gasteiger charge is 2.31. The number of anilines is 1. The summed E-state index contributed by atoms with van der Waals surface area (Å²) in [6.45, 7) is 0.923. The van der Waals surface area contributed by atoms with Crippen LogP contribution in [0.3, 0.4) is 0 Å². The monoisotopic (exact) mass is 455 g/mol. The van der Waals surface area contributed by atoms with E-state index in [4.69, 9.17) is 10.5 Å². The Bertz CT molecular complexity index is 1170. The number of rotatable bonds is 6. The Morgan fingerprint density at radius 3 is 2.42 bits per heavy atom. The van der Waals surface area contributed by atoms with Crippen molar-refractivity contribution in [3.63, 3.8) is 0 Å². The van der Waals surface area contributed by atoms with Gasteiger partial charge < -0.3 is 15.4 Å². The summed E-state index contributed by atoms with van der Waals surface area (Å²) in [5, 5.41) is 0. The van der Waals surface area contributed by atoms with Crippen LogP contribution < -0.4 is 15.4 Å². The SMILES string of the molecule is NC(=O)c1cc(C(=O)c2ccccc2)ccc1N1CCC(Oc2ccc(C(F)(F)F)cn2)C1. The molecule has 3 aromatic rings. The molecule has 2 heterocycles. The fourth-order valence-corrected chi connectivity index (χ4v) is 3.74. The van der Waals surface area contributed by atoms with Crippen molar-refractivity contribution in [2.45, 2.75) is 18.7 Å². The molecule has 0 saturated carbocycles. The number of aromatic nitrogens is 1. The molecule has 1 atom stereocenters. The lowest BCUT2D eigenvalue weighted by Crippen LogP contribution is -2.27. The van der Waals surface area contributed by atoms with Crippen LogP contribution in [0.4, 0.5) is 18.9 Å². The summed E-state index contributed by atoms with van der Waals surface area (Å²) in [5.41, 5.74) is 6.37. The first kappa shape index (κ1) is 22.3. The first-order valence-corrected chi connectivity index (χ1v) is 10.2. The van der Waals surface area contributed by atoms with E-state index in [-0.39, 0.29) is 23.3 Å². The molecular weight excluding hydrogens is 435 g/mol. The van der Waals surface area contributed by atoms with Crippen LogP contribution in [0.1, 0.15) is 38.3 Å². The number of ether oxygens (including phenoxy) is 1. The van der Waals surface area contributed by atoms with Gasteiger partial charge in [0, 0.05) is 42.0 Å². The second kappa shape index (κ2) is 8.93. The fourth-order valence-electron chi connectivity index (χ4n) is 3.74. The number of alkyl halides is 3. The highest BCUT2D eigenvalue weighted by Crippen LogP contribution is 2.31. The average Bonchev–Trinajstić information content (AvgIpc) is 3.26. The van der Waals surface area contributed by atoms with Crippen molar-refractivity contribution in [3.8, 4) is 5.88 Å². The van der Waals surface area contributed by atoms with E-state index in [1.807, 2.05) is 4.90 Å². The van der Waals surface area contributed by atoms with Gasteiger partial charge in [0.25, 0.3) is 5.91 Å². The zero-order valence-corrected chi connectivity index (χ0v) is 17.4. The van der Waals surface area contributed by atoms with Crippen LogP contribution in [-0.2, 0) is 6.18 Å². The second-order valence-electron chi connectivity index (χ2n) is 7.65. The minimum absolute atomic E-state index is 0.0915. The molecule has 170 valence electrons. The molecule has 1 saturated heterocycles. The van der Waals surface area contributed by atoms with Crippen molar-refractivity contribution in [2.75, 3.05) is 18.0 Å². The number of amides is 1. The third-order valence-electron chi connectivity index (χ3n) is 5.40. The fraction of sp³-hybridized carbons (Fsp3) is 0.208. The molecule has 2 aromatic carbocycles. The van der Waals surface area contributed by atoms with E-state index in [0.717, 1.165) is 12.3 Å². The average molecular weight is 455 g/mol. The predicted molar refractivity (Wildman–Crippen MR) is 115 cm³/mol. The van der Waals surface area contributed by atoms with Crippen molar-refractivity contribution in [2.24, 2.45) is 5.73 Å². The number of benzene rings is 2. The van der Waals surface area contributed by atoms with E-state index in [1.54, 1.807) is 42.5 Å². The summed E-state index contributed by atoms with van der Waals surface area (Å²) >= 11 is 0. The molecule has 1 amide bonds. The third-order valence-corrected chi connectivity index (χ3v) is 5.40. The van der Waals surface area contributed by atoms with E-state index in [0.29, 0.717) is 36.3 Å². The van der Waals surface area contributed by atoms with Crippen LogP contribution >= 0.6 is 0 Å². The van der Waals surface area contributed by atoms with Crippen LogP contribution in [0.25, 0.3) is 0 Å². The molecule has 0 spiro atoms. The molecule has 1 aliphatic heterocycles. The summed E-state index contributed by atoms with van der Waals surface area (Å²) in [5.74, 6) is -0.795. The number of carbonyl (C=O) groups is 2. The Hall–Kier alpha value is -3.88. The van der Waals surface area contributed by atoms with E-state index in [1.165, 1.54) is 12.1 Å². The smallest absolute Gasteiger partial charge is 0.417 e. The predicted octanol–water partition coefficient (Wildman–Crippen LogP) is 4.09. The molecule has 1 aliphatic rings. The Labute approximate surface area is 187 Å². The van der Waals surface area contributed by atoms with E-state index >= 15 is 0 Å². The highest BCUT2D eigenvalue weighted by molar-refractivity contribution is 6.11. The number of halogens is 3. The molecule has 1 fully saturated rings. The maximum atomic E-state index is 12.7. The number of hydrogen-bond acceptors (Lipinski definition) is 5. The van der Waals surface area contributed by atoms with Crippen molar-refractivity contribution in [3.05, 3.63) is 89.1 Å². The molecule has 0 radical (unpaired) electrons. The van der Waals surface area contributed by atoms with Gasteiger partial charge in [0.05, 0.1) is 17.7 Å². The highest BCUT2D eigenvalue weighted by atomic mass is 19.4. The molecule has 1 unspecified atom stereocenters. The van der Waals surface area contributed by atoms with Crippen LogP contribution in [0.15, 0.2) is 66.9 Å². The standard InChI is InChI=1S/C24H20F3N3O3/c25-24(26,27)17-7-9-21(29-13-17)33-18-10-11-30(14-18)20-8-6-16(12-19(20)23(28)32)22(31)15-4-2-1-3-5-15/h1-9,12-13,18H,10-11,14H2,(H2,28,32). The van der Waals surface area contributed by atoms with E-state index < -0.39 is 17.6 Å². The summed E-state index contributed by atoms with van der Waals surface area (Å²) in [4.78, 5) is 30.5. The molecule has 0 bridgehead atoms. The zero-order valence-electron chi connectivity index (χ0n) is 17.4. The van der Waals surface area contributed by atoms with Gasteiger partial charge in [-0.2, -0.15) is 13.2 Å². The van der Waals surface area contributed by atoms with Crippen LogP contribution in [-0.4, -0.2) is 35.9 Å². The first-order valence-electron chi connectivity index (χ1n) is 10.2. The molecule has 0 aliphatic carbocycles. The number of carbonyl (C=O) groups excluding carboxylic acids is 2. The molecule has 9 heteroatoms. The Balaban J connectivity index is 1.49. The van der Waals surface area contributed by atoms with E-state index in [9.17, 15) is 22.8 Å². The number of primary amides is 1. The van der Waals surface area contributed by atoms with Crippen molar-refractivity contribution >= 4 is 17.4 Å². The molecule has 33 heavy (non-hydrogen) atoms. The van der Waals surface area contributed by atoms with Gasteiger partial charge in [0.15, 0.2) is 5.78 Å². The normalized spacial score (nSPS) is 16.0. The summed E-state index contributed by atoms with van der Waals surface area (Å²) in [6.07, 6.45) is -3.49. The lowest BCUT2D eigenvalue weighted by atomic mass is 9.99. The summed E-state index contributed by atoms with van der Waals surface area (Å²) in [7, 11) is 0. The lowest BCUT2D eigenvalue weighted by Gasteiger charge is -2.21. The number of nitrogens with zero attached hydrogens (tertiary/aromatic N) is 2. The van der Waals surface area contributed by atoms with Gasteiger partial charge in [0.1, 0.15) is 6.10 Å². The topological polar surface area (TPSA) is 85.5 Å². The Morgan fingerprint density at radius 1 is 1.03 bits per heavy atom. The third kappa shape index (κ3) is 4.97. The minimum atomic E-state index is -4.46. The zero-order chi connectivity index (χ0) is 23.6. The lowest BCUT2D eigenvalue weighted by molar-refractivity contribution is -0.137. The quantitative estimate of drug-likeness (QED) is 0.566. The van der Waals surface area contributed by atoms with Crippen molar-refractivity contribution in [1.82, 2.24) is 4.98 Å². The van der Waals surface area contributed by atoms with Crippen LogP contribution in [0.5, 0.6) is 5.88 Å². The number of pyridine rings is 1. The molecule has 1 aromatic heterocycles. The van der Waals surface area contributed by atoms with Crippen LogP contribution in [0, 0.1) is 0 Å². The van der Waals surface area contributed by atoms with Crippen molar-refractivity contribution in [1.29, 1.82) is 0 Å². The maximum absolute atomic E-state index is 12.7. The van der Waals surface area contributed by atoms with Gasteiger partial charge in [-0.1, -0.05) is 30.3 Å². The Kier molecular flexibility index (Phi) is 6.04. The summed E-state index contributed by atoms with van der Waals surface area (Å²) in [6, 6.07) is 15.6. The maximum Gasteiger partial charge on any atom is 0.417 e. The number of hydrogen-bond donors (Lipinski definition) is 1. The van der Waals surface area contributed by atoms with E-state index in [2.05, 4.69) is 4.98 Å². The molecular formula is C24H20F3N3O3. The molecule has 6 nitrogen and oxygen atoms in total. The summed E-state index contributed by atoms with van der Waals surface area (Å²) < 4.78 is 43.8. The van der Waals surface area contributed by atoms with Gasteiger partial charge in [0.2, 0.25) is 5.88 Å². The van der Waals surface area contributed by atoms with Gasteiger partial charge in [-0.05, 0) is 24.3 Å². The minimum Gasteiger partial charge on any atom is -0.472 e. The van der Waals surface area contributed by atoms with Gasteiger partial charge in [-0.3, -0.25) is 9.59 Å². The van der Waals surface area contributed by atoms with Crippen molar-refractivity contribution < 1.29 is 27.5 Å².